The van der Waals surface area contributed by atoms with Gasteiger partial charge in [0.25, 0.3) is 5.56 Å². The minimum atomic E-state index is -0.162. The molecule has 0 aliphatic carbocycles. The molecule has 2 aromatic heterocycles. The molecule has 0 atom stereocenters. The van der Waals surface area contributed by atoms with E-state index >= 15 is 0 Å². The molecule has 2 heterocycles. The van der Waals surface area contributed by atoms with Crippen LogP contribution in [0.5, 0.6) is 5.75 Å². The fourth-order valence-corrected chi connectivity index (χ4v) is 3.07. The number of nitrogens with zero attached hydrogens (tertiary/aromatic N) is 1. The van der Waals surface area contributed by atoms with Crippen LogP contribution >= 0.6 is 12.2 Å². The first-order chi connectivity index (χ1) is 13.6. The third-order valence-electron chi connectivity index (χ3n) is 4.29. The van der Waals surface area contributed by atoms with Crippen LogP contribution < -0.4 is 15.6 Å². The molecular formula is C20H23N3O4S. The maximum atomic E-state index is 12.6. The van der Waals surface area contributed by atoms with E-state index in [1.807, 2.05) is 35.2 Å². The summed E-state index contributed by atoms with van der Waals surface area (Å²) >= 11 is 5.52. The maximum Gasteiger partial charge on any atom is 0.253 e. The smallest absolute Gasteiger partial charge is 0.253 e. The molecule has 2 N–H and O–H groups in total. The summed E-state index contributed by atoms with van der Waals surface area (Å²) in [7, 11) is 3.23. The van der Waals surface area contributed by atoms with E-state index < -0.39 is 0 Å². The Hall–Kier alpha value is -2.84. The Bertz CT molecular complexity index is 985. The molecule has 28 heavy (non-hydrogen) atoms. The molecule has 0 saturated carbocycles. The number of H-pyrrole nitrogens is 1. The summed E-state index contributed by atoms with van der Waals surface area (Å²) in [6.45, 7) is 1.91. The van der Waals surface area contributed by atoms with Crippen LogP contribution in [0.25, 0.3) is 10.9 Å². The van der Waals surface area contributed by atoms with Crippen molar-refractivity contribution in [1.82, 2.24) is 15.2 Å². The molecule has 148 valence electrons. The minimum absolute atomic E-state index is 0.162. The third kappa shape index (κ3) is 4.90. The molecule has 0 radical (unpaired) electrons. The Morgan fingerprint density at radius 2 is 2.11 bits per heavy atom. The number of rotatable bonds is 8. The maximum absolute atomic E-state index is 12.6. The topological polar surface area (TPSA) is 79.7 Å². The Balaban J connectivity index is 1.85. The third-order valence-corrected chi connectivity index (χ3v) is 4.69. The van der Waals surface area contributed by atoms with E-state index in [2.05, 4.69) is 10.3 Å². The Morgan fingerprint density at radius 1 is 1.25 bits per heavy atom. The highest BCUT2D eigenvalue weighted by molar-refractivity contribution is 7.80. The van der Waals surface area contributed by atoms with Gasteiger partial charge in [-0.05, 0) is 47.9 Å². The number of thiocarbonyl (C=S) groups is 1. The number of methoxy groups -OCH3 is 2. The number of aromatic nitrogens is 1. The molecule has 0 unspecified atom stereocenters. The van der Waals surface area contributed by atoms with Gasteiger partial charge in [0.05, 0.1) is 38.6 Å². The molecule has 0 fully saturated rings. The first kappa shape index (κ1) is 19.9. The van der Waals surface area contributed by atoms with Crippen molar-refractivity contribution in [2.45, 2.75) is 13.1 Å². The predicted molar refractivity (Wildman–Crippen MR) is 112 cm³/mol. The Morgan fingerprint density at radius 3 is 2.82 bits per heavy atom. The lowest BCUT2D eigenvalue weighted by molar-refractivity contribution is 0.202. The van der Waals surface area contributed by atoms with Gasteiger partial charge in [-0.3, -0.25) is 4.79 Å². The lowest BCUT2D eigenvalue weighted by atomic mass is 10.1. The van der Waals surface area contributed by atoms with E-state index in [0.717, 1.165) is 16.7 Å². The van der Waals surface area contributed by atoms with Crippen LogP contribution in [-0.4, -0.2) is 42.4 Å². The number of hydrogen-bond acceptors (Lipinski definition) is 5. The summed E-state index contributed by atoms with van der Waals surface area (Å²) in [6.07, 6.45) is 1.62. The quantitative estimate of drug-likeness (QED) is 0.444. The second-order valence-corrected chi connectivity index (χ2v) is 6.62. The average molecular weight is 401 g/mol. The highest BCUT2D eigenvalue weighted by Gasteiger charge is 2.15. The van der Waals surface area contributed by atoms with Crippen molar-refractivity contribution in [3.63, 3.8) is 0 Å². The standard InChI is InChI=1S/C20H23N3O4S/c1-25-9-7-21-20(28)23(13-17-4-3-8-27-17)12-15-10-14-5-6-16(26-2)11-18(14)22-19(15)24/h3-6,8,10-11H,7,9,12-13H2,1-2H3,(H,21,28)(H,22,24). The molecular weight excluding hydrogens is 378 g/mol. The van der Waals surface area contributed by atoms with Gasteiger partial charge in [-0.2, -0.15) is 0 Å². The summed E-state index contributed by atoms with van der Waals surface area (Å²) < 4.78 is 15.7. The molecule has 0 amide bonds. The predicted octanol–water partition coefficient (Wildman–Crippen LogP) is 2.65. The molecule has 3 aromatic rings. The number of hydrogen-bond donors (Lipinski definition) is 2. The van der Waals surface area contributed by atoms with Crippen molar-refractivity contribution in [3.05, 3.63) is 64.3 Å². The molecule has 8 heteroatoms. The van der Waals surface area contributed by atoms with Crippen molar-refractivity contribution < 1.29 is 13.9 Å². The van der Waals surface area contributed by atoms with E-state index in [1.165, 1.54) is 0 Å². The Kier molecular flexibility index (Phi) is 6.67. The van der Waals surface area contributed by atoms with E-state index in [0.29, 0.717) is 42.7 Å². The van der Waals surface area contributed by atoms with Crippen LogP contribution in [0.15, 0.2) is 51.9 Å². The van der Waals surface area contributed by atoms with Crippen molar-refractivity contribution in [2.75, 3.05) is 27.4 Å². The van der Waals surface area contributed by atoms with Gasteiger partial charge in [-0.1, -0.05) is 0 Å². The summed E-state index contributed by atoms with van der Waals surface area (Å²) in [5.41, 5.74) is 1.18. The van der Waals surface area contributed by atoms with Crippen molar-refractivity contribution in [1.29, 1.82) is 0 Å². The molecule has 7 nitrogen and oxygen atoms in total. The summed E-state index contributed by atoms with van der Waals surface area (Å²) in [6, 6.07) is 11.2. The normalized spacial score (nSPS) is 10.8. The van der Waals surface area contributed by atoms with Crippen LogP contribution in [0.4, 0.5) is 0 Å². The number of aromatic amines is 1. The van der Waals surface area contributed by atoms with Crippen LogP contribution in [0.3, 0.4) is 0 Å². The first-order valence-electron chi connectivity index (χ1n) is 8.84. The Labute approximate surface area is 168 Å². The molecule has 0 spiro atoms. The largest absolute Gasteiger partial charge is 0.497 e. The number of fused-ring (bicyclic) bond motifs is 1. The van der Waals surface area contributed by atoms with E-state index in [1.54, 1.807) is 26.5 Å². The van der Waals surface area contributed by atoms with Crippen molar-refractivity contribution in [2.24, 2.45) is 0 Å². The van der Waals surface area contributed by atoms with Crippen LogP contribution in [0.2, 0.25) is 0 Å². The zero-order valence-corrected chi connectivity index (χ0v) is 16.7. The molecule has 3 rings (SSSR count). The van der Waals surface area contributed by atoms with Gasteiger partial charge in [0.15, 0.2) is 5.11 Å². The number of furan rings is 1. The van der Waals surface area contributed by atoms with Gasteiger partial charge < -0.3 is 29.1 Å². The number of ether oxygens (including phenoxy) is 2. The SMILES string of the molecule is COCCNC(=S)N(Cc1ccco1)Cc1cc2ccc(OC)cc2[nH]c1=O. The lowest BCUT2D eigenvalue weighted by Gasteiger charge is -2.25. The zero-order valence-electron chi connectivity index (χ0n) is 15.9. The zero-order chi connectivity index (χ0) is 19.9. The monoisotopic (exact) mass is 401 g/mol. The second-order valence-electron chi connectivity index (χ2n) is 6.24. The van der Waals surface area contributed by atoms with E-state index in [4.69, 9.17) is 26.1 Å². The van der Waals surface area contributed by atoms with Crippen LogP contribution in [0, 0.1) is 0 Å². The highest BCUT2D eigenvalue weighted by atomic mass is 32.1. The summed E-state index contributed by atoms with van der Waals surface area (Å²) in [5, 5.41) is 4.60. The number of benzene rings is 1. The number of nitrogens with one attached hydrogen (secondary N) is 2. The van der Waals surface area contributed by atoms with Crippen LogP contribution in [-0.2, 0) is 17.8 Å². The van der Waals surface area contributed by atoms with Gasteiger partial charge in [0, 0.05) is 25.3 Å². The lowest BCUT2D eigenvalue weighted by Crippen LogP contribution is -2.41. The fourth-order valence-electron chi connectivity index (χ4n) is 2.84. The van der Waals surface area contributed by atoms with Gasteiger partial charge >= 0.3 is 0 Å². The van der Waals surface area contributed by atoms with E-state index in [9.17, 15) is 4.79 Å². The summed E-state index contributed by atoms with van der Waals surface area (Å²) in [4.78, 5) is 17.4. The van der Waals surface area contributed by atoms with Crippen molar-refractivity contribution in [3.8, 4) is 5.75 Å². The van der Waals surface area contributed by atoms with Gasteiger partial charge in [0.1, 0.15) is 11.5 Å². The summed E-state index contributed by atoms with van der Waals surface area (Å²) in [5.74, 6) is 1.46. The fraction of sp³-hybridized carbons (Fsp3) is 0.300. The molecule has 0 aliphatic heterocycles. The first-order valence-corrected chi connectivity index (χ1v) is 9.25. The van der Waals surface area contributed by atoms with Gasteiger partial charge in [0.2, 0.25) is 0 Å². The molecule has 0 bridgehead atoms. The van der Waals surface area contributed by atoms with Crippen LogP contribution in [0.1, 0.15) is 11.3 Å². The number of pyridine rings is 1. The van der Waals surface area contributed by atoms with Gasteiger partial charge in [-0.15, -0.1) is 0 Å². The molecule has 1 aromatic carbocycles. The van der Waals surface area contributed by atoms with Gasteiger partial charge in [-0.25, -0.2) is 0 Å². The molecule has 0 aliphatic rings. The van der Waals surface area contributed by atoms with E-state index in [-0.39, 0.29) is 5.56 Å². The minimum Gasteiger partial charge on any atom is -0.497 e. The highest BCUT2D eigenvalue weighted by Crippen LogP contribution is 2.19. The average Bonchev–Trinajstić information content (AvgIpc) is 3.20. The molecule has 0 saturated heterocycles. The second kappa shape index (κ2) is 9.38. The van der Waals surface area contributed by atoms with Crippen molar-refractivity contribution >= 4 is 28.2 Å².